The third-order valence-electron chi connectivity index (χ3n) is 6.43. The molecule has 2 saturated heterocycles. The van der Waals surface area contributed by atoms with Gasteiger partial charge in [-0.1, -0.05) is 26.0 Å². The summed E-state index contributed by atoms with van der Waals surface area (Å²) >= 11 is 0. The normalized spacial score (nSPS) is 24.7. The van der Waals surface area contributed by atoms with Crippen LogP contribution < -0.4 is 8.61 Å². The van der Waals surface area contributed by atoms with E-state index in [1.165, 1.54) is 0 Å². The number of fused-ring (bicyclic) bond motifs is 1. The number of ether oxygens (including phenoxy) is 2. The van der Waals surface area contributed by atoms with Gasteiger partial charge in [-0.15, -0.1) is 0 Å². The molecule has 0 spiro atoms. The van der Waals surface area contributed by atoms with Gasteiger partial charge in [-0.3, -0.25) is 9.59 Å². The standard InChI is InChI=1S/C22H32N4O6S/c1-3-17-13-23(9-11-31-17)21(27)15-25-19-7-5-6-8-20(19)26(33(25,29)30)16-22(28)24-10-12-32-18(4-2)14-24/h5-8,17-18H,3-4,9-16H2,1-2H3. The molecule has 3 heterocycles. The molecule has 182 valence electrons. The Morgan fingerprint density at radius 2 is 1.27 bits per heavy atom. The van der Waals surface area contributed by atoms with Crippen molar-refractivity contribution in [1.82, 2.24) is 9.80 Å². The van der Waals surface area contributed by atoms with Crippen molar-refractivity contribution in [2.45, 2.75) is 38.9 Å². The van der Waals surface area contributed by atoms with Crippen molar-refractivity contribution in [2.24, 2.45) is 0 Å². The fourth-order valence-electron chi connectivity index (χ4n) is 4.42. The van der Waals surface area contributed by atoms with E-state index in [9.17, 15) is 18.0 Å². The number of rotatable bonds is 6. The molecule has 1 aromatic rings. The summed E-state index contributed by atoms with van der Waals surface area (Å²) in [5, 5.41) is 0. The molecule has 1 aromatic carbocycles. The number of amides is 2. The van der Waals surface area contributed by atoms with Gasteiger partial charge < -0.3 is 19.3 Å². The van der Waals surface area contributed by atoms with Crippen LogP contribution in [-0.4, -0.2) is 94.7 Å². The van der Waals surface area contributed by atoms with Crippen LogP contribution >= 0.6 is 0 Å². The molecule has 4 rings (SSSR count). The van der Waals surface area contributed by atoms with E-state index in [0.29, 0.717) is 50.8 Å². The Labute approximate surface area is 195 Å². The summed E-state index contributed by atoms with van der Waals surface area (Å²) in [5.41, 5.74) is 0.819. The zero-order chi connectivity index (χ0) is 23.6. The highest BCUT2D eigenvalue weighted by Crippen LogP contribution is 2.40. The number of anilines is 2. The van der Waals surface area contributed by atoms with Gasteiger partial charge >= 0.3 is 10.2 Å². The summed E-state index contributed by atoms with van der Waals surface area (Å²) in [5.74, 6) is -0.551. The zero-order valence-electron chi connectivity index (χ0n) is 19.2. The molecule has 10 nitrogen and oxygen atoms in total. The molecular formula is C22H32N4O6S. The Kier molecular flexibility index (Phi) is 7.10. The lowest BCUT2D eigenvalue weighted by Gasteiger charge is -2.34. The summed E-state index contributed by atoms with van der Waals surface area (Å²) in [6.45, 7) is 6.00. The summed E-state index contributed by atoms with van der Waals surface area (Å²) in [6.07, 6.45) is 1.48. The molecule has 3 aliphatic rings. The third kappa shape index (κ3) is 4.80. The highest BCUT2D eigenvalue weighted by Gasteiger charge is 2.43. The largest absolute Gasteiger partial charge is 0.375 e. The Morgan fingerprint density at radius 3 is 1.67 bits per heavy atom. The van der Waals surface area contributed by atoms with Gasteiger partial charge in [0, 0.05) is 26.2 Å². The van der Waals surface area contributed by atoms with E-state index in [0.717, 1.165) is 21.5 Å². The number of morpholine rings is 2. The van der Waals surface area contributed by atoms with Crippen molar-refractivity contribution in [3.63, 3.8) is 0 Å². The van der Waals surface area contributed by atoms with Crippen LogP contribution in [0, 0.1) is 0 Å². The minimum absolute atomic E-state index is 0.0419. The van der Waals surface area contributed by atoms with Crippen molar-refractivity contribution in [3.05, 3.63) is 24.3 Å². The van der Waals surface area contributed by atoms with Crippen LogP contribution in [0.4, 0.5) is 11.4 Å². The van der Waals surface area contributed by atoms with Crippen LogP contribution in [0.15, 0.2) is 24.3 Å². The van der Waals surface area contributed by atoms with Crippen LogP contribution in [-0.2, 0) is 29.3 Å². The van der Waals surface area contributed by atoms with E-state index in [1.807, 2.05) is 13.8 Å². The SMILES string of the molecule is CCC1CN(C(=O)CN2c3ccccc3N(CC(=O)N3CCOC(CC)C3)S2(=O)=O)CCO1. The fraction of sp³-hybridized carbons (Fsp3) is 0.636. The first kappa shape index (κ1) is 23.8. The molecule has 0 aliphatic carbocycles. The van der Waals surface area contributed by atoms with Gasteiger partial charge in [-0.25, -0.2) is 8.61 Å². The van der Waals surface area contributed by atoms with E-state index in [4.69, 9.17) is 9.47 Å². The van der Waals surface area contributed by atoms with Gasteiger partial charge in [-0.05, 0) is 25.0 Å². The predicted molar refractivity (Wildman–Crippen MR) is 123 cm³/mol. The second kappa shape index (κ2) is 9.86. The molecule has 2 atom stereocenters. The van der Waals surface area contributed by atoms with Crippen LogP contribution in [0.2, 0.25) is 0 Å². The molecule has 0 radical (unpaired) electrons. The predicted octanol–water partition coefficient (Wildman–Crippen LogP) is 0.833. The van der Waals surface area contributed by atoms with Gasteiger partial charge in [-0.2, -0.15) is 8.42 Å². The average molecular weight is 481 g/mol. The van der Waals surface area contributed by atoms with Crippen LogP contribution in [0.1, 0.15) is 26.7 Å². The lowest BCUT2D eigenvalue weighted by molar-refractivity contribution is -0.137. The van der Waals surface area contributed by atoms with E-state index in [-0.39, 0.29) is 37.1 Å². The number of hydrogen-bond donors (Lipinski definition) is 0. The van der Waals surface area contributed by atoms with E-state index < -0.39 is 10.2 Å². The summed E-state index contributed by atoms with van der Waals surface area (Å²) in [4.78, 5) is 29.3. The smallest absolute Gasteiger partial charge is 0.327 e. The van der Waals surface area contributed by atoms with Crippen molar-refractivity contribution in [3.8, 4) is 0 Å². The Bertz CT molecular complexity index is 916. The van der Waals surface area contributed by atoms with Gasteiger partial charge in [0.1, 0.15) is 13.1 Å². The Hall–Kier alpha value is -2.37. The lowest BCUT2D eigenvalue weighted by atomic mass is 10.2. The van der Waals surface area contributed by atoms with E-state index in [2.05, 4.69) is 0 Å². The highest BCUT2D eigenvalue weighted by atomic mass is 32.2. The molecule has 2 unspecified atom stereocenters. The first-order chi connectivity index (χ1) is 15.8. The molecule has 2 fully saturated rings. The van der Waals surface area contributed by atoms with Crippen LogP contribution in [0.3, 0.4) is 0 Å². The quantitative estimate of drug-likeness (QED) is 0.598. The maximum absolute atomic E-state index is 13.5. The van der Waals surface area contributed by atoms with Crippen molar-refractivity contribution < 1.29 is 27.5 Å². The van der Waals surface area contributed by atoms with Crippen molar-refractivity contribution in [2.75, 3.05) is 61.1 Å². The first-order valence-corrected chi connectivity index (χ1v) is 12.9. The summed E-state index contributed by atoms with van der Waals surface area (Å²) in [6, 6.07) is 6.79. The molecule has 11 heteroatoms. The van der Waals surface area contributed by atoms with E-state index >= 15 is 0 Å². The number of carbonyl (C=O) groups excluding carboxylic acids is 2. The number of para-hydroxylation sites is 2. The minimum atomic E-state index is -4.08. The zero-order valence-corrected chi connectivity index (χ0v) is 20.0. The fourth-order valence-corrected chi connectivity index (χ4v) is 6.01. The maximum Gasteiger partial charge on any atom is 0.327 e. The molecule has 3 aliphatic heterocycles. The van der Waals surface area contributed by atoms with Crippen LogP contribution in [0.5, 0.6) is 0 Å². The third-order valence-corrected chi connectivity index (χ3v) is 8.19. The topological polar surface area (TPSA) is 99.7 Å². The molecule has 0 aromatic heterocycles. The number of hydrogen-bond acceptors (Lipinski definition) is 6. The van der Waals surface area contributed by atoms with Crippen molar-refractivity contribution in [1.29, 1.82) is 0 Å². The van der Waals surface area contributed by atoms with E-state index in [1.54, 1.807) is 34.1 Å². The number of benzene rings is 1. The van der Waals surface area contributed by atoms with Gasteiger partial charge in [0.2, 0.25) is 11.8 Å². The molecular weight excluding hydrogens is 448 g/mol. The monoisotopic (exact) mass is 480 g/mol. The molecule has 0 N–H and O–H groups in total. The molecule has 0 bridgehead atoms. The molecule has 33 heavy (non-hydrogen) atoms. The Morgan fingerprint density at radius 1 is 0.848 bits per heavy atom. The summed E-state index contributed by atoms with van der Waals surface area (Å²) < 4.78 is 40.5. The maximum atomic E-state index is 13.5. The lowest BCUT2D eigenvalue weighted by Crippen LogP contribution is -2.52. The first-order valence-electron chi connectivity index (χ1n) is 11.5. The Balaban J connectivity index is 1.52. The van der Waals surface area contributed by atoms with Gasteiger partial charge in [0.15, 0.2) is 0 Å². The van der Waals surface area contributed by atoms with Gasteiger partial charge in [0.25, 0.3) is 0 Å². The molecule has 0 saturated carbocycles. The second-order valence-corrected chi connectivity index (χ2v) is 10.3. The second-order valence-electron chi connectivity index (χ2n) is 8.49. The molecule has 2 amide bonds. The van der Waals surface area contributed by atoms with Gasteiger partial charge in [0.05, 0.1) is 36.8 Å². The summed E-state index contributed by atoms with van der Waals surface area (Å²) in [7, 11) is -4.08. The number of nitrogens with zero attached hydrogens (tertiary/aromatic N) is 4. The highest BCUT2D eigenvalue weighted by molar-refractivity contribution is 7.94. The average Bonchev–Trinajstić information content (AvgIpc) is 3.05. The minimum Gasteiger partial charge on any atom is -0.375 e. The van der Waals surface area contributed by atoms with Crippen LogP contribution in [0.25, 0.3) is 0 Å². The number of carbonyl (C=O) groups is 2. The van der Waals surface area contributed by atoms with Crippen molar-refractivity contribution >= 4 is 33.4 Å².